The molecule has 0 bridgehead atoms. The van der Waals surface area contributed by atoms with E-state index in [2.05, 4.69) is 30.7 Å². The van der Waals surface area contributed by atoms with Crippen LogP contribution in [0, 0.1) is 0 Å². The third-order valence-electron chi connectivity index (χ3n) is 4.50. The molecule has 2 fully saturated rings. The molecule has 3 heterocycles. The van der Waals surface area contributed by atoms with Crippen LogP contribution in [0.2, 0.25) is 0 Å². The monoisotopic (exact) mass is 292 g/mol. The Bertz CT molecular complexity index is 442. The van der Waals surface area contributed by atoms with Crippen molar-refractivity contribution in [1.29, 1.82) is 0 Å². The van der Waals surface area contributed by atoms with Crippen molar-refractivity contribution < 1.29 is 4.79 Å². The second-order valence-electron chi connectivity index (χ2n) is 5.85. The second-order valence-corrected chi connectivity index (χ2v) is 5.85. The van der Waals surface area contributed by atoms with E-state index in [1.165, 1.54) is 6.33 Å². The molecule has 1 aromatic heterocycles. The van der Waals surface area contributed by atoms with Crippen LogP contribution < -0.4 is 10.6 Å². The van der Waals surface area contributed by atoms with Gasteiger partial charge in [0.25, 0.3) is 0 Å². The molecule has 7 heteroatoms. The number of piperidine rings is 1. The maximum atomic E-state index is 12.4. The first-order valence-electron chi connectivity index (χ1n) is 7.93. The van der Waals surface area contributed by atoms with E-state index in [1.54, 1.807) is 0 Å². The van der Waals surface area contributed by atoms with E-state index in [4.69, 9.17) is 0 Å². The lowest BCUT2D eigenvalue weighted by atomic mass is 10.0. The summed E-state index contributed by atoms with van der Waals surface area (Å²) in [4.78, 5) is 18.9. The molecule has 0 aliphatic carbocycles. The van der Waals surface area contributed by atoms with Crippen molar-refractivity contribution in [2.45, 2.75) is 44.2 Å². The largest absolute Gasteiger partial charge is 0.354 e. The zero-order valence-corrected chi connectivity index (χ0v) is 12.3. The van der Waals surface area contributed by atoms with Crippen LogP contribution in [0.25, 0.3) is 0 Å². The van der Waals surface area contributed by atoms with Crippen LogP contribution in [-0.2, 0) is 11.2 Å². The van der Waals surface area contributed by atoms with Crippen molar-refractivity contribution in [1.82, 2.24) is 30.7 Å². The average Bonchev–Trinajstić information content (AvgIpc) is 3.19. The predicted molar refractivity (Wildman–Crippen MR) is 78.7 cm³/mol. The van der Waals surface area contributed by atoms with Gasteiger partial charge in [-0.25, -0.2) is 4.98 Å². The number of likely N-dealkylation sites (tertiary alicyclic amines) is 1. The molecule has 1 amide bonds. The zero-order valence-electron chi connectivity index (χ0n) is 12.3. The van der Waals surface area contributed by atoms with Crippen molar-refractivity contribution in [2.75, 3.05) is 26.2 Å². The van der Waals surface area contributed by atoms with Crippen molar-refractivity contribution >= 4 is 5.91 Å². The molecule has 3 N–H and O–H groups in total. The molecular weight excluding hydrogens is 268 g/mol. The topological polar surface area (TPSA) is 85.9 Å². The fourth-order valence-electron chi connectivity index (χ4n) is 3.42. The number of nitrogens with one attached hydrogen (secondary N) is 3. The number of hydrogen-bond acceptors (Lipinski definition) is 5. The smallest absolute Gasteiger partial charge is 0.237 e. The lowest BCUT2D eigenvalue weighted by molar-refractivity contribution is -0.126. The van der Waals surface area contributed by atoms with Gasteiger partial charge in [-0.1, -0.05) is 0 Å². The summed E-state index contributed by atoms with van der Waals surface area (Å²) in [5, 5.41) is 13.1. The summed E-state index contributed by atoms with van der Waals surface area (Å²) in [6, 6.07) is 0.626. The van der Waals surface area contributed by atoms with Crippen molar-refractivity contribution in [3.8, 4) is 0 Å². The van der Waals surface area contributed by atoms with Gasteiger partial charge in [-0.05, 0) is 45.3 Å². The highest BCUT2D eigenvalue weighted by molar-refractivity contribution is 5.82. The number of H-pyrrole nitrogens is 1. The summed E-state index contributed by atoms with van der Waals surface area (Å²) >= 11 is 0. The average molecular weight is 292 g/mol. The Morgan fingerprint density at radius 1 is 1.38 bits per heavy atom. The molecule has 0 saturated carbocycles. The van der Waals surface area contributed by atoms with Crippen LogP contribution in [0.1, 0.15) is 31.5 Å². The SMILES string of the molecule is O=C(NCCc1ncn[nH]1)C1CCCN1C1CCNCC1. The van der Waals surface area contributed by atoms with Gasteiger partial charge in [0, 0.05) is 19.0 Å². The highest BCUT2D eigenvalue weighted by Gasteiger charge is 2.35. The molecule has 2 aliphatic rings. The molecule has 0 spiro atoms. The lowest BCUT2D eigenvalue weighted by Gasteiger charge is -2.35. The standard InChI is InChI=1S/C14H24N6O/c21-14(16-8-5-13-17-10-18-19-13)12-2-1-9-20(12)11-3-6-15-7-4-11/h10-12,15H,1-9H2,(H,16,21)(H,17,18,19). The molecule has 2 saturated heterocycles. The van der Waals surface area contributed by atoms with E-state index in [0.717, 1.165) is 51.1 Å². The Morgan fingerprint density at radius 2 is 2.24 bits per heavy atom. The van der Waals surface area contributed by atoms with Gasteiger partial charge in [-0.2, -0.15) is 5.10 Å². The van der Waals surface area contributed by atoms with Crippen LogP contribution in [-0.4, -0.2) is 64.3 Å². The van der Waals surface area contributed by atoms with Crippen molar-refractivity contribution in [2.24, 2.45) is 0 Å². The number of aromatic nitrogens is 3. The second kappa shape index (κ2) is 7.00. The van der Waals surface area contributed by atoms with Crippen LogP contribution in [0.3, 0.4) is 0 Å². The van der Waals surface area contributed by atoms with Gasteiger partial charge >= 0.3 is 0 Å². The number of carbonyl (C=O) groups is 1. The van der Waals surface area contributed by atoms with E-state index in [-0.39, 0.29) is 11.9 Å². The van der Waals surface area contributed by atoms with Crippen LogP contribution in [0.4, 0.5) is 0 Å². The van der Waals surface area contributed by atoms with Crippen LogP contribution in [0.15, 0.2) is 6.33 Å². The van der Waals surface area contributed by atoms with Crippen LogP contribution >= 0.6 is 0 Å². The highest BCUT2D eigenvalue weighted by atomic mass is 16.2. The summed E-state index contributed by atoms with van der Waals surface area (Å²) < 4.78 is 0. The van der Waals surface area contributed by atoms with Crippen molar-refractivity contribution in [3.05, 3.63) is 12.2 Å². The summed E-state index contributed by atoms with van der Waals surface area (Å²) in [6.07, 6.45) is 6.62. The maximum absolute atomic E-state index is 12.4. The van der Waals surface area contributed by atoms with Gasteiger partial charge < -0.3 is 10.6 Å². The number of carbonyl (C=O) groups excluding carboxylic acids is 1. The van der Waals surface area contributed by atoms with Gasteiger partial charge in [0.15, 0.2) is 0 Å². The van der Waals surface area contributed by atoms with E-state index in [9.17, 15) is 4.79 Å². The quantitative estimate of drug-likeness (QED) is 0.692. The Hall–Kier alpha value is -1.47. The fraction of sp³-hybridized carbons (Fsp3) is 0.786. The van der Waals surface area contributed by atoms with E-state index < -0.39 is 0 Å². The Morgan fingerprint density at radius 3 is 3.00 bits per heavy atom. The van der Waals surface area contributed by atoms with Crippen LogP contribution in [0.5, 0.6) is 0 Å². The molecule has 1 atom stereocenters. The number of nitrogens with zero attached hydrogens (tertiary/aromatic N) is 3. The molecule has 21 heavy (non-hydrogen) atoms. The molecule has 1 unspecified atom stereocenters. The first-order chi connectivity index (χ1) is 10.3. The predicted octanol–water partition coefficient (Wildman–Crippen LogP) is -0.320. The minimum atomic E-state index is 0.0582. The zero-order chi connectivity index (χ0) is 14.5. The molecule has 7 nitrogen and oxygen atoms in total. The first kappa shape index (κ1) is 14.5. The van der Waals surface area contributed by atoms with E-state index >= 15 is 0 Å². The third-order valence-corrected chi connectivity index (χ3v) is 4.50. The molecule has 116 valence electrons. The lowest BCUT2D eigenvalue weighted by Crippen LogP contribution is -2.51. The molecule has 3 rings (SSSR count). The normalized spacial score (nSPS) is 24.3. The van der Waals surface area contributed by atoms with Gasteiger partial charge in [0.05, 0.1) is 6.04 Å². The maximum Gasteiger partial charge on any atom is 0.237 e. The minimum absolute atomic E-state index is 0.0582. The van der Waals surface area contributed by atoms with Gasteiger partial charge in [-0.15, -0.1) is 0 Å². The van der Waals surface area contributed by atoms with Gasteiger partial charge in [0.2, 0.25) is 5.91 Å². The van der Waals surface area contributed by atoms with Gasteiger partial charge in [-0.3, -0.25) is 14.8 Å². The van der Waals surface area contributed by atoms with E-state index in [1.807, 2.05) is 0 Å². The van der Waals surface area contributed by atoms with Crippen molar-refractivity contribution in [3.63, 3.8) is 0 Å². The summed E-state index contributed by atoms with van der Waals surface area (Å²) in [5.74, 6) is 0.988. The minimum Gasteiger partial charge on any atom is -0.354 e. The summed E-state index contributed by atoms with van der Waals surface area (Å²) in [6.45, 7) is 3.82. The number of rotatable bonds is 5. The number of amides is 1. The molecule has 1 aromatic rings. The fourth-order valence-corrected chi connectivity index (χ4v) is 3.42. The first-order valence-corrected chi connectivity index (χ1v) is 7.93. The molecule has 0 aromatic carbocycles. The van der Waals surface area contributed by atoms with E-state index in [0.29, 0.717) is 19.0 Å². The molecule has 0 radical (unpaired) electrons. The highest BCUT2D eigenvalue weighted by Crippen LogP contribution is 2.24. The number of aromatic amines is 1. The third kappa shape index (κ3) is 3.59. The molecule has 2 aliphatic heterocycles. The summed E-state index contributed by atoms with van der Waals surface area (Å²) in [7, 11) is 0. The summed E-state index contributed by atoms with van der Waals surface area (Å²) in [5.41, 5.74) is 0. The molecular formula is C14H24N6O. The number of hydrogen-bond donors (Lipinski definition) is 3. The Kier molecular flexibility index (Phi) is 4.82. The Labute approximate surface area is 124 Å². The Balaban J connectivity index is 1.48. The van der Waals surface area contributed by atoms with Gasteiger partial charge in [0.1, 0.15) is 12.2 Å².